The van der Waals surface area contributed by atoms with Crippen molar-refractivity contribution in [2.75, 3.05) is 17.7 Å². The molecule has 1 saturated carbocycles. The van der Waals surface area contributed by atoms with Gasteiger partial charge in [-0.3, -0.25) is 10.1 Å². The van der Waals surface area contributed by atoms with Gasteiger partial charge >= 0.3 is 0 Å². The molecule has 5 nitrogen and oxygen atoms in total. The second-order valence-corrected chi connectivity index (χ2v) is 5.85. The summed E-state index contributed by atoms with van der Waals surface area (Å²) in [5.74, 6) is 0. The lowest BCUT2D eigenvalue weighted by Crippen LogP contribution is -2.30. The number of anilines is 2. The molecule has 0 amide bonds. The van der Waals surface area contributed by atoms with Crippen LogP contribution in [0.15, 0.2) is 18.2 Å². The van der Waals surface area contributed by atoms with Crippen LogP contribution >= 0.6 is 0 Å². The maximum absolute atomic E-state index is 10.9. The van der Waals surface area contributed by atoms with Gasteiger partial charge in [0.15, 0.2) is 0 Å². The Labute approximate surface area is 113 Å². The summed E-state index contributed by atoms with van der Waals surface area (Å²) in [6.07, 6.45) is 3.52. The first-order valence-corrected chi connectivity index (χ1v) is 6.66. The van der Waals surface area contributed by atoms with Crippen LogP contribution in [-0.4, -0.2) is 18.0 Å². The van der Waals surface area contributed by atoms with Gasteiger partial charge in [0.05, 0.1) is 4.92 Å². The molecule has 0 bridgehead atoms. The van der Waals surface area contributed by atoms with Crippen LogP contribution in [0.25, 0.3) is 0 Å². The Hall–Kier alpha value is -1.78. The van der Waals surface area contributed by atoms with E-state index in [1.54, 1.807) is 19.2 Å². The smallest absolute Gasteiger partial charge is 0.273 e. The van der Waals surface area contributed by atoms with Gasteiger partial charge < -0.3 is 10.6 Å². The Morgan fingerprint density at radius 2 is 2.00 bits per heavy atom. The highest BCUT2D eigenvalue weighted by molar-refractivity contribution is 5.63. The monoisotopic (exact) mass is 263 g/mol. The largest absolute Gasteiger partial charge is 0.388 e. The normalized spacial score (nSPS) is 21.1. The molecule has 0 radical (unpaired) electrons. The Morgan fingerprint density at radius 3 is 2.53 bits per heavy atom. The van der Waals surface area contributed by atoms with Gasteiger partial charge in [-0.15, -0.1) is 0 Å². The van der Waals surface area contributed by atoms with Gasteiger partial charge in [0, 0.05) is 36.6 Å². The van der Waals surface area contributed by atoms with Gasteiger partial charge in [-0.2, -0.15) is 0 Å². The highest BCUT2D eigenvalue weighted by Gasteiger charge is 2.34. The quantitative estimate of drug-likeness (QED) is 0.643. The van der Waals surface area contributed by atoms with Crippen molar-refractivity contribution in [3.05, 3.63) is 28.3 Å². The molecule has 0 heterocycles. The molecule has 1 aromatic carbocycles. The first kappa shape index (κ1) is 13.6. The van der Waals surface area contributed by atoms with Crippen molar-refractivity contribution in [1.82, 2.24) is 0 Å². The summed E-state index contributed by atoms with van der Waals surface area (Å²) in [5.41, 5.74) is 1.93. The first-order chi connectivity index (χ1) is 8.92. The van der Waals surface area contributed by atoms with E-state index < -0.39 is 0 Å². The molecule has 2 rings (SSSR count). The fourth-order valence-corrected chi connectivity index (χ4v) is 2.74. The van der Waals surface area contributed by atoms with Gasteiger partial charge in [-0.1, -0.05) is 20.3 Å². The van der Waals surface area contributed by atoms with E-state index in [-0.39, 0.29) is 16.0 Å². The van der Waals surface area contributed by atoms with Crippen molar-refractivity contribution >= 4 is 17.1 Å². The Morgan fingerprint density at radius 1 is 1.32 bits per heavy atom. The van der Waals surface area contributed by atoms with Crippen LogP contribution in [-0.2, 0) is 0 Å². The van der Waals surface area contributed by atoms with E-state index in [1.807, 2.05) is 6.07 Å². The van der Waals surface area contributed by atoms with E-state index >= 15 is 0 Å². The fourth-order valence-electron chi connectivity index (χ4n) is 2.74. The number of hydrogen-bond donors (Lipinski definition) is 2. The van der Waals surface area contributed by atoms with Gasteiger partial charge in [-0.05, 0) is 24.3 Å². The van der Waals surface area contributed by atoms with E-state index in [0.717, 1.165) is 17.8 Å². The summed E-state index contributed by atoms with van der Waals surface area (Å²) in [4.78, 5) is 10.6. The predicted octanol–water partition coefficient (Wildman–Crippen LogP) is 3.63. The van der Waals surface area contributed by atoms with E-state index in [1.165, 1.54) is 12.8 Å². The van der Waals surface area contributed by atoms with E-state index in [2.05, 4.69) is 24.5 Å². The molecular formula is C14H21N3O2. The zero-order valence-corrected chi connectivity index (χ0v) is 11.7. The number of nitro groups is 1. The molecule has 1 fully saturated rings. The number of rotatable bonds is 4. The minimum Gasteiger partial charge on any atom is -0.388 e. The van der Waals surface area contributed by atoms with Crippen LogP contribution in [0.5, 0.6) is 0 Å². The molecule has 1 aliphatic carbocycles. The van der Waals surface area contributed by atoms with E-state index in [9.17, 15) is 10.1 Å². The van der Waals surface area contributed by atoms with Crippen molar-refractivity contribution in [3.8, 4) is 0 Å². The summed E-state index contributed by atoms with van der Waals surface area (Å²) in [7, 11) is 1.77. The molecule has 19 heavy (non-hydrogen) atoms. The van der Waals surface area contributed by atoms with Crippen molar-refractivity contribution < 1.29 is 4.92 Å². The Bertz CT molecular complexity index is 486. The standard InChI is InChI=1S/C14H21N3O2/c1-14(2)6-4-5-13(14)16-11-7-10(15-3)8-12(9-11)17(18)19/h7-9,13,15-16H,4-6H2,1-3H3. The minimum atomic E-state index is -0.355. The minimum absolute atomic E-state index is 0.116. The third-order valence-corrected chi connectivity index (χ3v) is 4.02. The third kappa shape index (κ3) is 2.97. The van der Waals surface area contributed by atoms with Crippen LogP contribution in [0.4, 0.5) is 17.1 Å². The molecule has 0 spiro atoms. The third-order valence-electron chi connectivity index (χ3n) is 4.02. The highest BCUT2D eigenvalue weighted by Crippen LogP contribution is 2.39. The van der Waals surface area contributed by atoms with E-state index in [4.69, 9.17) is 0 Å². The van der Waals surface area contributed by atoms with Crippen molar-refractivity contribution in [3.63, 3.8) is 0 Å². The lowest BCUT2D eigenvalue weighted by atomic mass is 9.87. The molecule has 1 atom stereocenters. The second-order valence-electron chi connectivity index (χ2n) is 5.85. The number of nitro benzene ring substituents is 1. The van der Waals surface area contributed by atoms with Crippen LogP contribution < -0.4 is 10.6 Å². The molecular weight excluding hydrogens is 242 g/mol. The molecule has 1 aromatic rings. The van der Waals surface area contributed by atoms with Crippen LogP contribution in [0.1, 0.15) is 33.1 Å². The summed E-state index contributed by atoms with van der Waals surface area (Å²) in [5, 5.41) is 17.4. The molecule has 5 heteroatoms. The lowest BCUT2D eigenvalue weighted by Gasteiger charge is -2.28. The maximum Gasteiger partial charge on any atom is 0.273 e. The second kappa shape index (κ2) is 5.07. The highest BCUT2D eigenvalue weighted by atomic mass is 16.6. The van der Waals surface area contributed by atoms with E-state index in [0.29, 0.717) is 6.04 Å². The number of nitrogens with zero attached hydrogens (tertiary/aromatic N) is 1. The SMILES string of the molecule is CNc1cc(NC2CCCC2(C)C)cc([N+](=O)[O-])c1. The zero-order valence-electron chi connectivity index (χ0n) is 11.7. The van der Waals surface area contributed by atoms with Crippen LogP contribution in [0.3, 0.4) is 0 Å². The van der Waals surface area contributed by atoms with Gasteiger partial charge in [0.2, 0.25) is 0 Å². The molecule has 1 unspecified atom stereocenters. The lowest BCUT2D eigenvalue weighted by molar-refractivity contribution is -0.384. The summed E-state index contributed by atoms with van der Waals surface area (Å²) in [6, 6.07) is 5.45. The average molecular weight is 263 g/mol. The number of non-ortho nitro benzene ring substituents is 1. The van der Waals surface area contributed by atoms with Gasteiger partial charge in [-0.25, -0.2) is 0 Å². The maximum atomic E-state index is 10.9. The van der Waals surface area contributed by atoms with Crippen molar-refractivity contribution in [2.24, 2.45) is 5.41 Å². The first-order valence-electron chi connectivity index (χ1n) is 6.66. The fraction of sp³-hybridized carbons (Fsp3) is 0.571. The molecule has 104 valence electrons. The van der Waals surface area contributed by atoms with Crippen molar-refractivity contribution in [2.45, 2.75) is 39.2 Å². The molecule has 1 aliphatic rings. The molecule has 0 aromatic heterocycles. The van der Waals surface area contributed by atoms with Crippen LogP contribution in [0.2, 0.25) is 0 Å². The Balaban J connectivity index is 2.24. The number of nitrogens with one attached hydrogen (secondary N) is 2. The summed E-state index contributed by atoms with van der Waals surface area (Å²) >= 11 is 0. The number of benzene rings is 1. The molecule has 2 N–H and O–H groups in total. The summed E-state index contributed by atoms with van der Waals surface area (Å²) < 4.78 is 0. The number of hydrogen-bond acceptors (Lipinski definition) is 4. The average Bonchev–Trinajstić information content (AvgIpc) is 2.68. The molecule has 0 aliphatic heterocycles. The zero-order chi connectivity index (χ0) is 14.0. The van der Waals surface area contributed by atoms with Crippen LogP contribution in [0, 0.1) is 15.5 Å². The summed E-state index contributed by atoms with van der Waals surface area (Å²) in [6.45, 7) is 4.49. The molecule has 0 saturated heterocycles. The van der Waals surface area contributed by atoms with Gasteiger partial charge in [0.1, 0.15) is 0 Å². The Kier molecular flexibility index (Phi) is 3.64. The van der Waals surface area contributed by atoms with Gasteiger partial charge in [0.25, 0.3) is 5.69 Å². The topological polar surface area (TPSA) is 67.2 Å². The van der Waals surface area contributed by atoms with Crippen molar-refractivity contribution in [1.29, 1.82) is 0 Å². The predicted molar refractivity (Wildman–Crippen MR) is 77.7 cm³/mol.